The van der Waals surface area contributed by atoms with E-state index >= 15 is 0 Å². The lowest BCUT2D eigenvalue weighted by molar-refractivity contribution is 0.414. The first-order chi connectivity index (χ1) is 22.9. The molecule has 7 rings (SSSR count). The van der Waals surface area contributed by atoms with E-state index in [1.54, 1.807) is 13.3 Å². The zero-order valence-corrected chi connectivity index (χ0v) is 28.0. The molecule has 0 unspecified atom stereocenters. The quantitative estimate of drug-likeness (QED) is 0.161. The number of fused-ring (bicyclic) bond motifs is 3. The van der Waals surface area contributed by atoms with Crippen molar-refractivity contribution in [1.82, 2.24) is 19.3 Å². The van der Waals surface area contributed by atoms with Gasteiger partial charge in [-0.1, -0.05) is 57.2 Å². The molecule has 0 spiro atoms. The minimum atomic E-state index is 0.742. The number of aromatic nitrogens is 4. The molecule has 0 aliphatic carbocycles. The van der Waals surface area contributed by atoms with Crippen LogP contribution >= 0.6 is 0 Å². The van der Waals surface area contributed by atoms with Gasteiger partial charge in [0.15, 0.2) is 0 Å². The van der Waals surface area contributed by atoms with Crippen LogP contribution in [-0.2, 0) is 19.3 Å². The number of aryl methyl sites for hydroxylation is 4. The summed E-state index contributed by atoms with van der Waals surface area (Å²) in [6, 6.07) is 31.4. The van der Waals surface area contributed by atoms with E-state index in [1.165, 1.54) is 27.8 Å². The average molecular weight is 621 g/mol. The van der Waals surface area contributed by atoms with Gasteiger partial charge < -0.3 is 9.47 Å². The topological polar surface area (TPSA) is 54.1 Å². The Hall–Kier alpha value is -5.36. The molecule has 3 heterocycles. The van der Waals surface area contributed by atoms with Crippen molar-refractivity contribution >= 4 is 21.8 Å². The smallest absolute Gasteiger partial charge is 0.141 e. The first-order valence-electron chi connectivity index (χ1n) is 16.5. The van der Waals surface area contributed by atoms with E-state index in [1.807, 2.05) is 30.3 Å². The molecule has 4 aromatic carbocycles. The van der Waals surface area contributed by atoms with Gasteiger partial charge in [0.05, 0.1) is 29.5 Å². The van der Waals surface area contributed by atoms with Crippen molar-refractivity contribution in [2.45, 2.75) is 53.9 Å². The van der Waals surface area contributed by atoms with E-state index in [9.17, 15) is 0 Å². The maximum absolute atomic E-state index is 6.54. The van der Waals surface area contributed by atoms with Crippen LogP contribution < -0.4 is 9.47 Å². The maximum Gasteiger partial charge on any atom is 0.141 e. The molecule has 0 radical (unpaired) electrons. The summed E-state index contributed by atoms with van der Waals surface area (Å²) in [5.74, 6) is 3.03. The highest BCUT2D eigenvalue weighted by molar-refractivity contribution is 6.09. The van der Waals surface area contributed by atoms with Gasteiger partial charge in [-0.2, -0.15) is 5.10 Å². The molecule has 3 aromatic heterocycles. The van der Waals surface area contributed by atoms with Gasteiger partial charge in [0.1, 0.15) is 23.1 Å². The fourth-order valence-corrected chi connectivity index (χ4v) is 6.90. The number of nitrogens with zero attached hydrogens (tertiary/aromatic N) is 4. The van der Waals surface area contributed by atoms with Crippen molar-refractivity contribution in [3.05, 3.63) is 125 Å². The van der Waals surface area contributed by atoms with Crippen molar-refractivity contribution in [3.8, 4) is 39.9 Å². The Morgan fingerprint density at radius 2 is 1.40 bits per heavy atom. The largest absolute Gasteiger partial charge is 0.497 e. The van der Waals surface area contributed by atoms with Gasteiger partial charge in [-0.3, -0.25) is 4.57 Å². The molecule has 0 saturated heterocycles. The molecule has 0 N–H and O–H groups in total. The average Bonchev–Trinajstić information content (AvgIpc) is 3.59. The van der Waals surface area contributed by atoms with E-state index in [4.69, 9.17) is 19.6 Å². The van der Waals surface area contributed by atoms with E-state index in [0.29, 0.717) is 0 Å². The van der Waals surface area contributed by atoms with Crippen LogP contribution in [0.4, 0.5) is 0 Å². The molecular weight excluding hydrogens is 580 g/mol. The highest BCUT2D eigenvalue weighted by Gasteiger charge is 2.21. The molecule has 0 atom stereocenters. The van der Waals surface area contributed by atoms with Crippen LogP contribution in [0.3, 0.4) is 0 Å². The van der Waals surface area contributed by atoms with E-state index in [-0.39, 0.29) is 0 Å². The first-order valence-corrected chi connectivity index (χ1v) is 16.5. The number of hydrogen-bond acceptors (Lipinski definition) is 4. The fourth-order valence-electron chi connectivity index (χ4n) is 6.90. The summed E-state index contributed by atoms with van der Waals surface area (Å²) in [6.45, 7) is 11.0. The molecule has 6 heteroatoms. The summed E-state index contributed by atoms with van der Waals surface area (Å²) in [7, 11) is 1.67. The van der Waals surface area contributed by atoms with E-state index < -0.39 is 0 Å². The molecule has 0 aliphatic heterocycles. The molecule has 0 fully saturated rings. The summed E-state index contributed by atoms with van der Waals surface area (Å²) in [4.78, 5) is 4.69. The minimum Gasteiger partial charge on any atom is -0.497 e. The lowest BCUT2D eigenvalue weighted by atomic mass is 9.88. The van der Waals surface area contributed by atoms with Gasteiger partial charge in [-0.05, 0) is 91.8 Å². The molecule has 0 amide bonds. The molecule has 0 bridgehead atoms. The second kappa shape index (κ2) is 12.4. The van der Waals surface area contributed by atoms with Gasteiger partial charge >= 0.3 is 0 Å². The van der Waals surface area contributed by atoms with Gasteiger partial charge in [-0.25, -0.2) is 9.67 Å². The standard InChI is InChI=1S/C41H40N4O2/c1-7-28-21-29(8-2)41(30(9-3)22-28)40-26(4)43-45(27(40)5)31-13-12-14-33(23-31)47-34-17-18-36-35-15-10-11-16-37(35)44(38(36)24-34)39-25-32(46-6)19-20-42-39/h10-25H,7-9H2,1-6H3. The van der Waals surface area contributed by atoms with Crippen molar-refractivity contribution in [3.63, 3.8) is 0 Å². The van der Waals surface area contributed by atoms with Crippen LogP contribution in [-0.4, -0.2) is 26.4 Å². The molecule has 7 aromatic rings. The lowest BCUT2D eigenvalue weighted by Gasteiger charge is -2.16. The predicted molar refractivity (Wildman–Crippen MR) is 192 cm³/mol. The molecule has 0 aliphatic rings. The predicted octanol–water partition coefficient (Wildman–Crippen LogP) is 10.1. The molecule has 47 heavy (non-hydrogen) atoms. The number of methoxy groups -OCH3 is 1. The summed E-state index contributed by atoms with van der Waals surface area (Å²) in [5.41, 5.74) is 12.0. The Labute approximate surface area is 276 Å². The van der Waals surface area contributed by atoms with Gasteiger partial charge in [-0.15, -0.1) is 0 Å². The van der Waals surface area contributed by atoms with Crippen LogP contribution in [0.25, 0.3) is 44.4 Å². The highest BCUT2D eigenvalue weighted by Crippen LogP contribution is 2.38. The van der Waals surface area contributed by atoms with Crippen molar-refractivity contribution in [1.29, 1.82) is 0 Å². The van der Waals surface area contributed by atoms with Gasteiger partial charge in [0.2, 0.25) is 0 Å². The number of ether oxygens (including phenoxy) is 2. The number of rotatable bonds is 9. The maximum atomic E-state index is 6.54. The Morgan fingerprint density at radius 1 is 0.660 bits per heavy atom. The Morgan fingerprint density at radius 3 is 2.15 bits per heavy atom. The summed E-state index contributed by atoms with van der Waals surface area (Å²) >= 11 is 0. The monoisotopic (exact) mass is 620 g/mol. The molecular formula is C41H40N4O2. The first kappa shape index (κ1) is 30.3. The lowest BCUT2D eigenvalue weighted by Crippen LogP contribution is -2.01. The normalized spacial score (nSPS) is 11.4. The number of hydrogen-bond donors (Lipinski definition) is 0. The Balaban J connectivity index is 1.28. The van der Waals surface area contributed by atoms with E-state index in [0.717, 1.165) is 81.2 Å². The summed E-state index contributed by atoms with van der Waals surface area (Å²) in [5, 5.41) is 7.35. The fraction of sp³-hybridized carbons (Fsp3) is 0.220. The third-order valence-electron chi connectivity index (χ3n) is 9.20. The highest BCUT2D eigenvalue weighted by atomic mass is 16.5. The third kappa shape index (κ3) is 5.34. The van der Waals surface area contributed by atoms with Gasteiger partial charge in [0, 0.05) is 46.4 Å². The molecule has 0 saturated carbocycles. The number of para-hydroxylation sites is 1. The zero-order valence-electron chi connectivity index (χ0n) is 28.0. The summed E-state index contributed by atoms with van der Waals surface area (Å²) in [6.07, 6.45) is 4.79. The van der Waals surface area contributed by atoms with Crippen LogP contribution in [0, 0.1) is 13.8 Å². The van der Waals surface area contributed by atoms with Gasteiger partial charge in [0.25, 0.3) is 0 Å². The SMILES string of the molecule is CCc1cc(CC)c(-c2c(C)nn(-c3cccc(Oc4ccc5c6ccccc6n(-c6cc(OC)ccn6)c5c4)c3)c2C)c(CC)c1. The zero-order chi connectivity index (χ0) is 32.7. The van der Waals surface area contributed by atoms with Crippen molar-refractivity contribution in [2.24, 2.45) is 0 Å². The second-order valence-corrected chi connectivity index (χ2v) is 12.0. The Bertz CT molecular complexity index is 2230. The van der Waals surface area contributed by atoms with Crippen LogP contribution in [0.5, 0.6) is 17.2 Å². The molecule has 6 nitrogen and oxygen atoms in total. The molecule has 236 valence electrons. The third-order valence-corrected chi connectivity index (χ3v) is 9.20. The number of pyridine rings is 1. The van der Waals surface area contributed by atoms with Crippen LogP contribution in [0.2, 0.25) is 0 Å². The Kier molecular flexibility index (Phi) is 8.02. The second-order valence-electron chi connectivity index (χ2n) is 12.0. The summed E-state index contributed by atoms with van der Waals surface area (Å²) < 4.78 is 16.3. The van der Waals surface area contributed by atoms with Crippen LogP contribution in [0.15, 0.2) is 97.2 Å². The minimum absolute atomic E-state index is 0.742. The number of benzene rings is 4. The van der Waals surface area contributed by atoms with Crippen LogP contribution in [0.1, 0.15) is 48.8 Å². The van der Waals surface area contributed by atoms with Crippen molar-refractivity contribution < 1.29 is 9.47 Å². The van der Waals surface area contributed by atoms with E-state index in [2.05, 4.69) is 105 Å². The van der Waals surface area contributed by atoms with Crippen molar-refractivity contribution in [2.75, 3.05) is 7.11 Å².